The van der Waals surface area contributed by atoms with Gasteiger partial charge in [0.05, 0.1) is 0 Å². The molecular weight excluding hydrogens is 365 g/mol. The lowest BCUT2D eigenvalue weighted by atomic mass is 9.86. The van der Waals surface area contributed by atoms with Crippen LogP contribution in [-0.4, -0.2) is 34.2 Å². The van der Waals surface area contributed by atoms with Crippen LogP contribution in [0.5, 0.6) is 11.5 Å². The Morgan fingerprint density at radius 1 is 1.15 bits per heavy atom. The Morgan fingerprint density at radius 3 is 2.40 bits per heavy atom. The number of rotatable bonds is 5. The summed E-state index contributed by atoms with van der Waals surface area (Å²) in [6.07, 6.45) is 5.30. The summed E-state index contributed by atoms with van der Waals surface area (Å²) in [4.78, 5) is 2.58. The molecule has 3 nitrogen and oxygen atoms in total. The standard InChI is InChI=1S/C16H25NO2.HI/c1-3-9-17(10-4-2)13-6-7-14-12(11-13)5-8-15(18)16(14)19;/h5,8,13,18-19H,3-4,6-7,9-11H2,1-2H3;1H. The predicted octanol–water partition coefficient (Wildman–Crippen LogP) is 3.70. The van der Waals surface area contributed by atoms with Gasteiger partial charge >= 0.3 is 0 Å². The van der Waals surface area contributed by atoms with Gasteiger partial charge in [-0.1, -0.05) is 19.9 Å². The molecule has 1 unspecified atom stereocenters. The highest BCUT2D eigenvalue weighted by Crippen LogP contribution is 2.36. The van der Waals surface area contributed by atoms with Crippen LogP contribution < -0.4 is 0 Å². The summed E-state index contributed by atoms with van der Waals surface area (Å²) < 4.78 is 0. The van der Waals surface area contributed by atoms with Crippen molar-refractivity contribution >= 4 is 24.0 Å². The maximum absolute atomic E-state index is 9.91. The van der Waals surface area contributed by atoms with Crippen molar-refractivity contribution in [3.8, 4) is 11.5 Å². The number of fused-ring (bicyclic) bond motifs is 1. The van der Waals surface area contributed by atoms with Crippen molar-refractivity contribution in [2.24, 2.45) is 0 Å². The molecule has 1 aromatic rings. The van der Waals surface area contributed by atoms with Crippen LogP contribution in [-0.2, 0) is 12.8 Å². The van der Waals surface area contributed by atoms with Crippen molar-refractivity contribution in [3.63, 3.8) is 0 Å². The molecule has 4 heteroatoms. The molecule has 2 N–H and O–H groups in total. The fourth-order valence-electron chi connectivity index (χ4n) is 3.17. The van der Waals surface area contributed by atoms with E-state index in [2.05, 4.69) is 18.7 Å². The van der Waals surface area contributed by atoms with Crippen molar-refractivity contribution < 1.29 is 10.2 Å². The van der Waals surface area contributed by atoms with Gasteiger partial charge in [0.25, 0.3) is 0 Å². The molecule has 0 amide bonds. The molecule has 0 spiro atoms. The topological polar surface area (TPSA) is 43.7 Å². The second kappa shape index (κ2) is 8.08. The second-order valence-electron chi connectivity index (χ2n) is 5.50. The molecular formula is C16H26INO2. The molecule has 0 aliphatic heterocycles. The van der Waals surface area contributed by atoms with Gasteiger partial charge in [0, 0.05) is 11.6 Å². The van der Waals surface area contributed by atoms with Gasteiger partial charge in [0.15, 0.2) is 11.5 Å². The lowest BCUT2D eigenvalue weighted by molar-refractivity contribution is 0.179. The van der Waals surface area contributed by atoms with Crippen LogP contribution in [0, 0.1) is 0 Å². The summed E-state index contributed by atoms with van der Waals surface area (Å²) in [5.41, 5.74) is 2.15. The molecule has 0 radical (unpaired) electrons. The summed E-state index contributed by atoms with van der Waals surface area (Å²) >= 11 is 0. The van der Waals surface area contributed by atoms with Crippen molar-refractivity contribution in [2.75, 3.05) is 13.1 Å². The first-order valence-corrected chi connectivity index (χ1v) is 7.44. The Labute approximate surface area is 139 Å². The van der Waals surface area contributed by atoms with E-state index >= 15 is 0 Å². The number of hydrogen-bond donors (Lipinski definition) is 2. The van der Waals surface area contributed by atoms with Gasteiger partial charge in [0.1, 0.15) is 0 Å². The van der Waals surface area contributed by atoms with E-state index in [0.29, 0.717) is 6.04 Å². The number of phenols is 2. The smallest absolute Gasteiger partial charge is 0.160 e. The molecule has 1 aliphatic carbocycles. The molecule has 114 valence electrons. The van der Waals surface area contributed by atoms with Crippen LogP contribution >= 0.6 is 24.0 Å². The summed E-state index contributed by atoms with van der Waals surface area (Å²) in [5, 5.41) is 19.5. The minimum Gasteiger partial charge on any atom is -0.504 e. The third-order valence-electron chi connectivity index (χ3n) is 4.08. The Kier molecular flexibility index (Phi) is 7.09. The maximum Gasteiger partial charge on any atom is 0.160 e. The van der Waals surface area contributed by atoms with Crippen molar-refractivity contribution in [1.29, 1.82) is 0 Å². The zero-order chi connectivity index (χ0) is 13.8. The van der Waals surface area contributed by atoms with Crippen LogP contribution in [0.4, 0.5) is 0 Å². The lowest BCUT2D eigenvalue weighted by Gasteiger charge is -2.35. The number of benzene rings is 1. The Bertz CT molecular complexity index is 431. The van der Waals surface area contributed by atoms with Crippen LogP contribution in [0.15, 0.2) is 12.1 Å². The van der Waals surface area contributed by atoms with E-state index in [4.69, 9.17) is 0 Å². The molecule has 1 aromatic carbocycles. The Hall–Kier alpha value is -0.490. The summed E-state index contributed by atoms with van der Waals surface area (Å²) in [5.74, 6) is 0.102. The molecule has 0 heterocycles. The average molecular weight is 391 g/mol. The van der Waals surface area contributed by atoms with Crippen LogP contribution in [0.3, 0.4) is 0 Å². The van der Waals surface area contributed by atoms with E-state index in [1.165, 1.54) is 18.4 Å². The maximum atomic E-state index is 9.91. The van der Waals surface area contributed by atoms with Crippen molar-refractivity contribution in [1.82, 2.24) is 4.90 Å². The molecule has 0 saturated carbocycles. The van der Waals surface area contributed by atoms with Gasteiger partial charge in [-0.05, 0) is 56.8 Å². The third kappa shape index (κ3) is 3.79. The van der Waals surface area contributed by atoms with E-state index in [1.54, 1.807) is 6.07 Å². The first-order chi connectivity index (χ1) is 9.17. The van der Waals surface area contributed by atoms with Gasteiger partial charge in [0.2, 0.25) is 0 Å². The highest BCUT2D eigenvalue weighted by atomic mass is 127. The minimum atomic E-state index is 0. The number of halogens is 1. The largest absolute Gasteiger partial charge is 0.504 e. The van der Waals surface area contributed by atoms with Gasteiger partial charge in [-0.3, -0.25) is 0 Å². The molecule has 1 aliphatic rings. The van der Waals surface area contributed by atoms with Gasteiger partial charge in [-0.25, -0.2) is 0 Å². The van der Waals surface area contributed by atoms with Gasteiger partial charge in [-0.15, -0.1) is 24.0 Å². The summed E-state index contributed by atoms with van der Waals surface area (Å²) in [6.45, 7) is 6.75. The van der Waals surface area contributed by atoms with E-state index in [9.17, 15) is 10.2 Å². The highest BCUT2D eigenvalue weighted by Gasteiger charge is 2.25. The van der Waals surface area contributed by atoms with E-state index in [-0.39, 0.29) is 35.5 Å². The van der Waals surface area contributed by atoms with Gasteiger partial charge < -0.3 is 15.1 Å². The molecule has 1 atom stereocenters. The number of hydrogen-bond acceptors (Lipinski definition) is 3. The number of nitrogens with zero attached hydrogens (tertiary/aromatic N) is 1. The van der Waals surface area contributed by atoms with Crippen molar-refractivity contribution in [2.45, 2.75) is 52.0 Å². The SMILES string of the molecule is CCCN(CCC)C1CCc2c(ccc(O)c2O)C1.I. The molecule has 20 heavy (non-hydrogen) atoms. The molecule has 2 rings (SSSR count). The third-order valence-corrected chi connectivity index (χ3v) is 4.08. The van der Waals surface area contributed by atoms with Crippen LogP contribution in [0.25, 0.3) is 0 Å². The first kappa shape index (κ1) is 17.6. The Morgan fingerprint density at radius 2 is 1.80 bits per heavy atom. The fourth-order valence-corrected chi connectivity index (χ4v) is 3.17. The molecule has 0 saturated heterocycles. The monoisotopic (exact) mass is 391 g/mol. The fraction of sp³-hybridized carbons (Fsp3) is 0.625. The summed E-state index contributed by atoms with van der Waals surface area (Å²) in [6, 6.07) is 4.16. The predicted molar refractivity (Wildman–Crippen MR) is 93.2 cm³/mol. The quantitative estimate of drug-likeness (QED) is 0.594. The van der Waals surface area contributed by atoms with Crippen LogP contribution in [0.1, 0.15) is 44.2 Å². The van der Waals surface area contributed by atoms with Crippen molar-refractivity contribution in [3.05, 3.63) is 23.3 Å². The first-order valence-electron chi connectivity index (χ1n) is 7.44. The number of phenolic OH excluding ortho intramolecular Hbond substituents is 2. The van der Waals surface area contributed by atoms with E-state index < -0.39 is 0 Å². The molecule has 0 fully saturated rings. The molecule has 0 bridgehead atoms. The second-order valence-corrected chi connectivity index (χ2v) is 5.50. The minimum absolute atomic E-state index is 0. The summed E-state index contributed by atoms with van der Waals surface area (Å²) in [7, 11) is 0. The average Bonchev–Trinajstić information content (AvgIpc) is 2.42. The molecule has 0 aromatic heterocycles. The lowest BCUT2D eigenvalue weighted by Crippen LogP contribution is -2.40. The van der Waals surface area contributed by atoms with Crippen LogP contribution in [0.2, 0.25) is 0 Å². The normalized spacial score (nSPS) is 17.6. The zero-order valence-electron chi connectivity index (χ0n) is 12.4. The highest BCUT2D eigenvalue weighted by molar-refractivity contribution is 14.0. The zero-order valence-corrected chi connectivity index (χ0v) is 14.8. The van der Waals surface area contributed by atoms with E-state index in [1.807, 2.05) is 6.07 Å². The Balaban J connectivity index is 0.00000200. The number of aromatic hydroxyl groups is 2. The van der Waals surface area contributed by atoms with Gasteiger partial charge in [-0.2, -0.15) is 0 Å². The van der Waals surface area contributed by atoms with E-state index in [0.717, 1.165) is 37.9 Å².